The predicted molar refractivity (Wildman–Crippen MR) is 117 cm³/mol. The molecule has 6 heteroatoms. The van der Waals surface area contributed by atoms with Crippen LogP contribution >= 0.6 is 0 Å². The lowest BCUT2D eigenvalue weighted by atomic mass is 10.0. The highest BCUT2D eigenvalue weighted by Gasteiger charge is 2.23. The van der Waals surface area contributed by atoms with Gasteiger partial charge in [-0.3, -0.25) is 0 Å². The normalized spacial score (nSPS) is 14.9. The number of carbonyl (C=O) groups excluding carboxylic acids is 1. The number of hydrogen-bond acceptors (Lipinski definition) is 4. The van der Waals surface area contributed by atoms with Crippen LogP contribution in [-0.4, -0.2) is 46.1 Å². The molecule has 1 aromatic heterocycles. The van der Waals surface area contributed by atoms with Gasteiger partial charge in [-0.15, -0.1) is 0 Å². The number of amides is 2. The van der Waals surface area contributed by atoms with Crippen LogP contribution in [0.5, 0.6) is 0 Å². The van der Waals surface area contributed by atoms with E-state index in [1.165, 1.54) is 10.8 Å². The summed E-state index contributed by atoms with van der Waals surface area (Å²) in [5, 5.41) is 8.82. The number of nitrogens with zero attached hydrogens (tertiary/aromatic N) is 3. The largest absolute Gasteiger partial charge is 0.351 e. The number of urea groups is 1. The molecule has 1 aliphatic rings. The van der Waals surface area contributed by atoms with Crippen molar-refractivity contribution in [1.82, 2.24) is 20.2 Å². The van der Waals surface area contributed by atoms with Crippen LogP contribution < -0.4 is 10.6 Å². The van der Waals surface area contributed by atoms with Crippen molar-refractivity contribution in [2.45, 2.75) is 38.8 Å². The van der Waals surface area contributed by atoms with Gasteiger partial charge in [-0.1, -0.05) is 36.4 Å². The van der Waals surface area contributed by atoms with Crippen molar-refractivity contribution in [1.29, 1.82) is 0 Å². The first-order chi connectivity index (χ1) is 14.1. The number of likely N-dealkylation sites (tertiary alicyclic amines) is 1. The van der Waals surface area contributed by atoms with Gasteiger partial charge in [-0.25, -0.2) is 14.8 Å². The van der Waals surface area contributed by atoms with E-state index in [9.17, 15) is 4.79 Å². The molecule has 1 aliphatic heterocycles. The molecule has 0 spiro atoms. The Morgan fingerprint density at radius 1 is 1.07 bits per heavy atom. The molecule has 29 heavy (non-hydrogen) atoms. The van der Waals surface area contributed by atoms with Crippen LogP contribution in [0.2, 0.25) is 0 Å². The van der Waals surface area contributed by atoms with Crippen molar-refractivity contribution in [3.8, 4) is 11.3 Å². The minimum Gasteiger partial charge on any atom is -0.351 e. The van der Waals surface area contributed by atoms with Gasteiger partial charge in [-0.05, 0) is 49.6 Å². The molecule has 0 radical (unpaired) electrons. The third kappa shape index (κ3) is 4.65. The lowest BCUT2D eigenvalue weighted by Gasteiger charge is -2.32. The molecule has 150 valence electrons. The summed E-state index contributed by atoms with van der Waals surface area (Å²) in [6, 6.07) is 17.1. The fourth-order valence-corrected chi connectivity index (χ4v) is 3.69. The average Bonchev–Trinajstić information content (AvgIpc) is 2.73. The quantitative estimate of drug-likeness (QED) is 0.698. The Bertz CT molecular complexity index is 995. The standard InChI is InChI=1S/C23H27N5O/c1-16(2)25-23(29)28-13-10-20(11-14-28)26-22-24-12-9-21(27-22)19-8-7-17-5-3-4-6-18(17)15-19/h3-9,12,15-16,20H,10-11,13-14H2,1-2H3,(H,25,29)(H,24,26,27). The predicted octanol–water partition coefficient (Wildman–Crippen LogP) is 4.29. The Hall–Kier alpha value is -3.15. The third-order valence-electron chi connectivity index (χ3n) is 5.23. The van der Waals surface area contributed by atoms with E-state index in [4.69, 9.17) is 4.98 Å². The van der Waals surface area contributed by atoms with Gasteiger partial charge in [0.05, 0.1) is 5.69 Å². The van der Waals surface area contributed by atoms with Crippen molar-refractivity contribution in [3.05, 3.63) is 54.7 Å². The second-order valence-electron chi connectivity index (χ2n) is 7.84. The van der Waals surface area contributed by atoms with E-state index >= 15 is 0 Å². The lowest BCUT2D eigenvalue weighted by Crippen LogP contribution is -2.48. The summed E-state index contributed by atoms with van der Waals surface area (Å²) in [5.41, 5.74) is 1.98. The number of carbonyl (C=O) groups is 1. The zero-order valence-corrected chi connectivity index (χ0v) is 16.9. The Kier molecular flexibility index (Phi) is 5.60. The molecular formula is C23H27N5O. The summed E-state index contributed by atoms with van der Waals surface area (Å²) in [6.45, 7) is 5.43. The van der Waals surface area contributed by atoms with Crippen LogP contribution in [0, 0.1) is 0 Å². The highest BCUT2D eigenvalue weighted by atomic mass is 16.2. The van der Waals surface area contributed by atoms with Gasteiger partial charge >= 0.3 is 6.03 Å². The summed E-state index contributed by atoms with van der Waals surface area (Å²) < 4.78 is 0. The summed E-state index contributed by atoms with van der Waals surface area (Å²) in [6.07, 6.45) is 3.56. The molecule has 2 amide bonds. The van der Waals surface area contributed by atoms with Crippen LogP contribution in [0.15, 0.2) is 54.7 Å². The van der Waals surface area contributed by atoms with Gasteiger partial charge < -0.3 is 15.5 Å². The molecule has 0 saturated carbocycles. The number of aromatic nitrogens is 2. The second-order valence-corrected chi connectivity index (χ2v) is 7.84. The number of benzene rings is 2. The summed E-state index contributed by atoms with van der Waals surface area (Å²) in [4.78, 5) is 23.1. The van der Waals surface area contributed by atoms with E-state index in [0.717, 1.165) is 37.2 Å². The van der Waals surface area contributed by atoms with Crippen LogP contribution in [0.3, 0.4) is 0 Å². The third-order valence-corrected chi connectivity index (χ3v) is 5.23. The first-order valence-corrected chi connectivity index (χ1v) is 10.2. The van der Waals surface area contributed by atoms with Gasteiger partial charge in [0.1, 0.15) is 0 Å². The van der Waals surface area contributed by atoms with Gasteiger partial charge in [0, 0.05) is 36.9 Å². The van der Waals surface area contributed by atoms with Gasteiger partial charge in [0.25, 0.3) is 0 Å². The summed E-state index contributed by atoms with van der Waals surface area (Å²) in [5.74, 6) is 0.640. The average molecular weight is 390 g/mol. The second kappa shape index (κ2) is 8.47. The maximum Gasteiger partial charge on any atom is 0.317 e. The molecule has 0 bridgehead atoms. The van der Waals surface area contributed by atoms with Crippen LogP contribution in [0.25, 0.3) is 22.0 Å². The molecule has 2 heterocycles. The number of hydrogen-bond donors (Lipinski definition) is 2. The first kappa shape index (κ1) is 19.2. The zero-order valence-electron chi connectivity index (χ0n) is 16.9. The van der Waals surface area contributed by atoms with E-state index < -0.39 is 0 Å². The first-order valence-electron chi connectivity index (χ1n) is 10.2. The SMILES string of the molecule is CC(C)NC(=O)N1CCC(Nc2nccc(-c3ccc4ccccc4c3)n2)CC1. The van der Waals surface area contributed by atoms with Crippen LogP contribution in [0.1, 0.15) is 26.7 Å². The number of anilines is 1. The Balaban J connectivity index is 1.41. The molecule has 0 aliphatic carbocycles. The number of piperidine rings is 1. The molecule has 2 N–H and O–H groups in total. The van der Waals surface area contributed by atoms with Crippen molar-refractivity contribution in [2.75, 3.05) is 18.4 Å². The molecule has 2 aromatic carbocycles. The molecule has 1 saturated heterocycles. The molecule has 0 unspecified atom stereocenters. The van der Waals surface area contributed by atoms with Crippen LogP contribution in [-0.2, 0) is 0 Å². The Morgan fingerprint density at radius 2 is 1.83 bits per heavy atom. The Morgan fingerprint density at radius 3 is 2.59 bits per heavy atom. The number of fused-ring (bicyclic) bond motifs is 1. The van der Waals surface area contributed by atoms with Gasteiger partial charge in [0.2, 0.25) is 5.95 Å². The maximum atomic E-state index is 12.1. The fourth-order valence-electron chi connectivity index (χ4n) is 3.69. The van der Waals surface area contributed by atoms with Crippen molar-refractivity contribution in [2.24, 2.45) is 0 Å². The van der Waals surface area contributed by atoms with Crippen molar-refractivity contribution >= 4 is 22.8 Å². The molecule has 6 nitrogen and oxygen atoms in total. The zero-order chi connectivity index (χ0) is 20.2. The van der Waals surface area contributed by atoms with Gasteiger partial charge in [-0.2, -0.15) is 0 Å². The van der Waals surface area contributed by atoms with E-state index in [-0.39, 0.29) is 18.1 Å². The van der Waals surface area contributed by atoms with Crippen molar-refractivity contribution in [3.63, 3.8) is 0 Å². The molecule has 0 atom stereocenters. The topological polar surface area (TPSA) is 70.2 Å². The van der Waals surface area contributed by atoms with E-state index in [2.05, 4.69) is 45.9 Å². The van der Waals surface area contributed by atoms with E-state index in [1.807, 2.05) is 36.9 Å². The van der Waals surface area contributed by atoms with Gasteiger partial charge in [0.15, 0.2) is 0 Å². The highest BCUT2D eigenvalue weighted by molar-refractivity contribution is 5.86. The van der Waals surface area contributed by atoms with Crippen molar-refractivity contribution < 1.29 is 4.79 Å². The molecule has 1 fully saturated rings. The van der Waals surface area contributed by atoms with E-state index in [0.29, 0.717) is 5.95 Å². The van der Waals surface area contributed by atoms with Crippen LogP contribution in [0.4, 0.5) is 10.7 Å². The summed E-state index contributed by atoms with van der Waals surface area (Å²) in [7, 11) is 0. The van der Waals surface area contributed by atoms with E-state index in [1.54, 1.807) is 6.20 Å². The smallest absolute Gasteiger partial charge is 0.317 e. The molecular weight excluding hydrogens is 362 g/mol. The maximum absolute atomic E-state index is 12.1. The number of rotatable bonds is 4. The Labute approximate surface area is 171 Å². The monoisotopic (exact) mass is 389 g/mol. The fraction of sp³-hybridized carbons (Fsp3) is 0.348. The minimum atomic E-state index is 0.0213. The highest BCUT2D eigenvalue weighted by Crippen LogP contribution is 2.24. The number of nitrogens with one attached hydrogen (secondary N) is 2. The lowest BCUT2D eigenvalue weighted by molar-refractivity contribution is 0.181. The molecule has 3 aromatic rings. The minimum absolute atomic E-state index is 0.0213. The summed E-state index contributed by atoms with van der Waals surface area (Å²) >= 11 is 0. The molecule has 4 rings (SSSR count).